The Morgan fingerprint density at radius 2 is 1.79 bits per heavy atom. The minimum atomic E-state index is 0.256. The Morgan fingerprint density at radius 1 is 0.941 bits per heavy atom. The Bertz CT molecular complexity index is 1420. The molecule has 0 N–H and O–H groups in total. The van der Waals surface area contributed by atoms with E-state index in [2.05, 4.69) is 48.1 Å². The molecule has 1 aliphatic rings. The topological polar surface area (TPSA) is 54.2 Å². The van der Waals surface area contributed by atoms with Crippen LogP contribution in [-0.4, -0.2) is 25.6 Å². The summed E-state index contributed by atoms with van der Waals surface area (Å²) in [5.74, 6) is 3.04. The average molecular weight is 475 g/mol. The van der Waals surface area contributed by atoms with Crippen molar-refractivity contribution >= 4 is 17.0 Å². The Hall–Kier alpha value is -3.71. The van der Waals surface area contributed by atoms with Crippen LogP contribution < -0.4 is 23.7 Å². The van der Waals surface area contributed by atoms with Crippen LogP contribution in [0.15, 0.2) is 65.0 Å². The molecule has 0 aliphatic carbocycles. The van der Waals surface area contributed by atoms with Gasteiger partial charge in [0.15, 0.2) is 16.3 Å². The first-order chi connectivity index (χ1) is 16.6. The van der Waals surface area contributed by atoms with Crippen molar-refractivity contribution in [3.8, 4) is 34.3 Å². The van der Waals surface area contributed by atoms with Gasteiger partial charge in [0.05, 0.1) is 32.1 Å². The van der Waals surface area contributed by atoms with Crippen molar-refractivity contribution in [2.24, 2.45) is 4.99 Å². The minimum absolute atomic E-state index is 0.256. The van der Waals surface area contributed by atoms with E-state index < -0.39 is 0 Å². The van der Waals surface area contributed by atoms with E-state index in [4.69, 9.17) is 23.9 Å². The van der Waals surface area contributed by atoms with Crippen LogP contribution in [0.25, 0.3) is 11.3 Å². The SMILES string of the molecule is COc1ccc(-c2csc(=Nc3ccc(C)cc3C)n2Cc2ccc3c(c2)OCO3)c(OC)c1. The molecular weight excluding hydrogens is 448 g/mol. The summed E-state index contributed by atoms with van der Waals surface area (Å²) in [6.45, 7) is 5.06. The maximum absolute atomic E-state index is 5.71. The molecule has 0 radical (unpaired) electrons. The van der Waals surface area contributed by atoms with E-state index in [-0.39, 0.29) is 6.79 Å². The number of benzene rings is 3. The van der Waals surface area contributed by atoms with Crippen molar-refractivity contribution in [1.29, 1.82) is 0 Å². The molecule has 1 aliphatic heterocycles. The van der Waals surface area contributed by atoms with Gasteiger partial charge in [0.2, 0.25) is 6.79 Å². The van der Waals surface area contributed by atoms with Gasteiger partial charge in [0.1, 0.15) is 11.5 Å². The third kappa shape index (κ3) is 4.26. The summed E-state index contributed by atoms with van der Waals surface area (Å²) in [5.41, 5.74) is 6.41. The molecule has 0 bridgehead atoms. The molecule has 5 rings (SSSR count). The quantitative estimate of drug-likeness (QED) is 0.351. The van der Waals surface area contributed by atoms with Crippen molar-refractivity contribution in [2.45, 2.75) is 20.4 Å². The Balaban J connectivity index is 1.66. The van der Waals surface area contributed by atoms with Crippen molar-refractivity contribution < 1.29 is 18.9 Å². The fourth-order valence-electron chi connectivity index (χ4n) is 4.05. The molecule has 0 saturated heterocycles. The molecule has 2 heterocycles. The highest BCUT2D eigenvalue weighted by Gasteiger charge is 2.17. The molecule has 34 heavy (non-hydrogen) atoms. The fraction of sp³-hybridized carbons (Fsp3) is 0.222. The maximum Gasteiger partial charge on any atom is 0.231 e. The van der Waals surface area contributed by atoms with E-state index in [0.29, 0.717) is 6.54 Å². The number of ether oxygens (including phenoxy) is 4. The lowest BCUT2D eigenvalue weighted by molar-refractivity contribution is 0.174. The van der Waals surface area contributed by atoms with Crippen LogP contribution in [-0.2, 0) is 6.54 Å². The van der Waals surface area contributed by atoms with Gasteiger partial charge >= 0.3 is 0 Å². The highest BCUT2D eigenvalue weighted by atomic mass is 32.1. The lowest BCUT2D eigenvalue weighted by Crippen LogP contribution is -2.17. The first kappa shape index (κ1) is 22.1. The lowest BCUT2D eigenvalue weighted by Gasteiger charge is -2.14. The van der Waals surface area contributed by atoms with Gasteiger partial charge in [-0.25, -0.2) is 4.99 Å². The summed E-state index contributed by atoms with van der Waals surface area (Å²) in [4.78, 5) is 5.95. The predicted molar refractivity (Wildman–Crippen MR) is 134 cm³/mol. The zero-order chi connectivity index (χ0) is 23.7. The van der Waals surface area contributed by atoms with Gasteiger partial charge in [-0.05, 0) is 55.3 Å². The molecule has 0 unspecified atom stereocenters. The van der Waals surface area contributed by atoms with Gasteiger partial charge in [0.25, 0.3) is 0 Å². The number of fused-ring (bicyclic) bond motifs is 1. The zero-order valence-corrected chi connectivity index (χ0v) is 20.4. The minimum Gasteiger partial charge on any atom is -0.497 e. The van der Waals surface area contributed by atoms with Gasteiger partial charge < -0.3 is 23.5 Å². The van der Waals surface area contributed by atoms with Crippen molar-refractivity contribution in [3.63, 3.8) is 0 Å². The van der Waals surface area contributed by atoms with Crippen LogP contribution in [0.2, 0.25) is 0 Å². The number of methoxy groups -OCH3 is 2. The van der Waals surface area contributed by atoms with Crippen molar-refractivity contribution in [2.75, 3.05) is 21.0 Å². The van der Waals surface area contributed by atoms with Gasteiger partial charge in [-0.3, -0.25) is 0 Å². The van der Waals surface area contributed by atoms with Crippen molar-refractivity contribution in [1.82, 2.24) is 4.57 Å². The lowest BCUT2D eigenvalue weighted by atomic mass is 10.1. The number of hydrogen-bond donors (Lipinski definition) is 0. The fourth-order valence-corrected chi connectivity index (χ4v) is 4.97. The van der Waals surface area contributed by atoms with E-state index in [9.17, 15) is 0 Å². The molecule has 1 aromatic heterocycles. The molecule has 0 spiro atoms. The third-order valence-corrected chi connectivity index (χ3v) is 6.69. The molecule has 0 fully saturated rings. The van der Waals surface area contributed by atoms with E-state index in [1.807, 2.05) is 30.3 Å². The number of aromatic nitrogens is 1. The largest absolute Gasteiger partial charge is 0.497 e. The first-order valence-electron chi connectivity index (χ1n) is 11.0. The number of nitrogens with zero attached hydrogens (tertiary/aromatic N) is 2. The highest BCUT2D eigenvalue weighted by Crippen LogP contribution is 2.36. The number of thiazole rings is 1. The molecule has 4 aromatic rings. The molecule has 3 aromatic carbocycles. The molecule has 0 amide bonds. The number of rotatable bonds is 6. The molecule has 174 valence electrons. The smallest absolute Gasteiger partial charge is 0.231 e. The monoisotopic (exact) mass is 474 g/mol. The van der Waals surface area contributed by atoms with Crippen LogP contribution in [0.4, 0.5) is 5.69 Å². The third-order valence-electron chi connectivity index (χ3n) is 5.83. The second kappa shape index (κ2) is 9.27. The summed E-state index contributed by atoms with van der Waals surface area (Å²) in [7, 11) is 3.33. The summed E-state index contributed by atoms with van der Waals surface area (Å²) < 4.78 is 24.4. The Kier molecular flexibility index (Phi) is 6.02. The summed E-state index contributed by atoms with van der Waals surface area (Å²) in [5, 5.41) is 2.12. The summed E-state index contributed by atoms with van der Waals surface area (Å²) in [6, 6.07) is 18.2. The van der Waals surface area contributed by atoms with Gasteiger partial charge in [-0.1, -0.05) is 23.8 Å². The first-order valence-corrected chi connectivity index (χ1v) is 11.8. The Labute approximate surface area is 202 Å². The van der Waals surface area contributed by atoms with Crippen LogP contribution in [0.5, 0.6) is 23.0 Å². The molecule has 0 saturated carbocycles. The highest BCUT2D eigenvalue weighted by molar-refractivity contribution is 7.07. The number of aryl methyl sites for hydroxylation is 2. The van der Waals surface area contributed by atoms with Gasteiger partial charge in [-0.15, -0.1) is 11.3 Å². The van der Waals surface area contributed by atoms with Gasteiger partial charge in [-0.2, -0.15) is 0 Å². The Morgan fingerprint density at radius 3 is 2.59 bits per heavy atom. The molecule has 6 nitrogen and oxygen atoms in total. The second-order valence-corrected chi connectivity index (χ2v) is 8.98. The van der Waals surface area contributed by atoms with Crippen LogP contribution in [0, 0.1) is 13.8 Å². The normalized spacial score (nSPS) is 12.8. The summed E-state index contributed by atoms with van der Waals surface area (Å²) in [6.07, 6.45) is 0. The average Bonchev–Trinajstić information content (AvgIpc) is 3.47. The maximum atomic E-state index is 5.71. The summed E-state index contributed by atoms with van der Waals surface area (Å²) >= 11 is 1.61. The molecule has 0 atom stereocenters. The van der Waals surface area contributed by atoms with Crippen LogP contribution in [0.3, 0.4) is 0 Å². The zero-order valence-electron chi connectivity index (χ0n) is 19.6. The van der Waals surface area contributed by atoms with E-state index in [0.717, 1.165) is 55.9 Å². The van der Waals surface area contributed by atoms with E-state index in [1.54, 1.807) is 25.6 Å². The molecule has 7 heteroatoms. The second-order valence-electron chi connectivity index (χ2n) is 8.15. The van der Waals surface area contributed by atoms with E-state index in [1.165, 1.54) is 5.56 Å². The van der Waals surface area contributed by atoms with Crippen LogP contribution >= 0.6 is 11.3 Å². The number of hydrogen-bond acceptors (Lipinski definition) is 6. The van der Waals surface area contributed by atoms with Crippen LogP contribution in [0.1, 0.15) is 16.7 Å². The molecular formula is C27H26N2O4S. The van der Waals surface area contributed by atoms with Crippen molar-refractivity contribution in [3.05, 3.63) is 81.5 Å². The van der Waals surface area contributed by atoms with Gasteiger partial charge in [0, 0.05) is 17.0 Å². The standard InChI is InChI=1S/C27H26N2O4S/c1-17-5-9-22(18(2)11-17)28-27-29(14-19-6-10-24-26(12-19)33-16-32-24)23(15-34-27)21-8-7-20(30-3)13-25(21)31-4/h5-13,15H,14,16H2,1-4H3. The van der Waals surface area contributed by atoms with E-state index >= 15 is 0 Å². The predicted octanol–water partition coefficient (Wildman–Crippen LogP) is 5.86.